The summed E-state index contributed by atoms with van der Waals surface area (Å²) in [5.74, 6) is 3.23. The third-order valence-corrected chi connectivity index (χ3v) is 5.91. The van der Waals surface area contributed by atoms with Gasteiger partial charge in [-0.15, -0.1) is 0 Å². The number of nitrogens with zero attached hydrogens (tertiary/aromatic N) is 5. The molecule has 3 aliphatic rings. The second-order valence-electron chi connectivity index (χ2n) is 7.97. The van der Waals surface area contributed by atoms with Gasteiger partial charge >= 0.3 is 0 Å². The average Bonchev–Trinajstić information content (AvgIpc) is 3.25. The van der Waals surface area contributed by atoms with Crippen molar-refractivity contribution in [2.75, 3.05) is 24.5 Å². The van der Waals surface area contributed by atoms with Gasteiger partial charge in [0.2, 0.25) is 5.95 Å². The van der Waals surface area contributed by atoms with Crippen molar-refractivity contribution < 1.29 is 4.79 Å². The lowest BCUT2D eigenvalue weighted by atomic mass is 9.85. The molecule has 4 rings (SSSR count). The maximum atomic E-state index is 13.4. The van der Waals surface area contributed by atoms with Crippen molar-refractivity contribution in [1.82, 2.24) is 14.9 Å². The monoisotopic (exact) mass is 341 g/mol. The summed E-state index contributed by atoms with van der Waals surface area (Å²) in [6, 6.07) is 1.84. The molecule has 1 saturated heterocycles. The highest BCUT2D eigenvalue weighted by Crippen LogP contribution is 2.50. The minimum Gasteiger partial charge on any atom is -0.340 e. The van der Waals surface area contributed by atoms with Crippen LogP contribution in [0.5, 0.6) is 0 Å². The van der Waals surface area contributed by atoms with Crippen molar-refractivity contribution in [2.45, 2.75) is 45.6 Å². The first-order valence-electron chi connectivity index (χ1n) is 9.48. The van der Waals surface area contributed by atoms with E-state index in [1.54, 1.807) is 12.4 Å². The molecule has 0 aromatic carbocycles. The van der Waals surface area contributed by atoms with Gasteiger partial charge in [-0.2, -0.15) is 0 Å². The number of hydrogen-bond donors (Lipinski definition) is 0. The minimum absolute atomic E-state index is 0.237. The molecule has 2 aliphatic heterocycles. The van der Waals surface area contributed by atoms with Crippen molar-refractivity contribution in [3.05, 3.63) is 18.5 Å². The third-order valence-electron chi connectivity index (χ3n) is 5.91. The maximum absolute atomic E-state index is 13.4. The Hall–Kier alpha value is -1.98. The van der Waals surface area contributed by atoms with E-state index in [1.165, 1.54) is 0 Å². The first kappa shape index (κ1) is 16.5. The summed E-state index contributed by atoms with van der Waals surface area (Å²) in [5.41, 5.74) is -0.533. The molecule has 0 N–H and O–H groups in total. The Kier molecular flexibility index (Phi) is 4.01. The molecule has 1 aromatic rings. The fourth-order valence-electron chi connectivity index (χ4n) is 4.83. The van der Waals surface area contributed by atoms with E-state index in [4.69, 9.17) is 4.99 Å². The number of fused-ring (bicyclic) bond motifs is 2. The van der Waals surface area contributed by atoms with Crippen molar-refractivity contribution in [3.63, 3.8) is 0 Å². The number of carbonyl (C=O) groups is 1. The molecule has 25 heavy (non-hydrogen) atoms. The maximum Gasteiger partial charge on any atom is 0.256 e. The molecule has 0 radical (unpaired) electrons. The van der Waals surface area contributed by atoms with Gasteiger partial charge in [0.1, 0.15) is 11.4 Å². The lowest BCUT2D eigenvalue weighted by Gasteiger charge is -2.28. The fraction of sp³-hybridized carbons (Fsp3) is 0.684. The zero-order valence-electron chi connectivity index (χ0n) is 15.4. The Labute approximate surface area is 149 Å². The molecule has 0 bridgehead atoms. The largest absolute Gasteiger partial charge is 0.340 e. The molecule has 1 aliphatic carbocycles. The molecule has 0 unspecified atom stereocenters. The predicted molar refractivity (Wildman–Crippen MR) is 97.5 cm³/mol. The van der Waals surface area contributed by atoms with Crippen molar-refractivity contribution in [3.8, 4) is 0 Å². The van der Waals surface area contributed by atoms with Crippen LogP contribution < -0.4 is 4.90 Å². The van der Waals surface area contributed by atoms with Crippen LogP contribution in [0.25, 0.3) is 0 Å². The summed E-state index contributed by atoms with van der Waals surface area (Å²) in [6.07, 6.45) is 6.34. The van der Waals surface area contributed by atoms with E-state index in [-0.39, 0.29) is 11.8 Å². The van der Waals surface area contributed by atoms with E-state index < -0.39 is 5.54 Å². The zero-order chi connectivity index (χ0) is 17.6. The molecular weight excluding hydrogens is 314 g/mol. The van der Waals surface area contributed by atoms with Crippen LogP contribution in [0.3, 0.4) is 0 Å². The number of aromatic nitrogens is 2. The van der Waals surface area contributed by atoms with Crippen molar-refractivity contribution in [1.29, 1.82) is 0 Å². The Morgan fingerprint density at radius 2 is 2.04 bits per heavy atom. The van der Waals surface area contributed by atoms with Crippen LogP contribution in [-0.4, -0.2) is 51.8 Å². The van der Waals surface area contributed by atoms with Crippen LogP contribution in [0, 0.1) is 17.8 Å². The summed E-state index contributed by atoms with van der Waals surface area (Å²) in [4.78, 5) is 31.4. The Morgan fingerprint density at radius 1 is 1.28 bits per heavy atom. The molecule has 1 aromatic heterocycles. The van der Waals surface area contributed by atoms with Crippen LogP contribution >= 0.6 is 0 Å². The first-order valence-corrected chi connectivity index (χ1v) is 9.48. The molecule has 6 nitrogen and oxygen atoms in total. The standard InChI is InChI=1S/C19H27N5O/c1-4-16-22-19(17(25)24(16)10-13(2)3)7-6-14-11-23(12-15(14)19)18-20-8-5-9-21-18/h5,8-9,13-15H,4,6-7,10-12H2,1-3H3/t14-,15+,19-/m1/s1. The lowest BCUT2D eigenvalue weighted by Crippen LogP contribution is -2.47. The van der Waals surface area contributed by atoms with Crippen LogP contribution in [0.4, 0.5) is 5.95 Å². The topological polar surface area (TPSA) is 61.7 Å². The van der Waals surface area contributed by atoms with Gasteiger partial charge in [-0.25, -0.2) is 9.97 Å². The van der Waals surface area contributed by atoms with E-state index in [0.29, 0.717) is 11.8 Å². The smallest absolute Gasteiger partial charge is 0.256 e. The predicted octanol–water partition coefficient (Wildman–Crippen LogP) is 2.37. The highest BCUT2D eigenvalue weighted by molar-refractivity contribution is 6.08. The van der Waals surface area contributed by atoms with Crippen LogP contribution in [-0.2, 0) is 4.79 Å². The number of anilines is 1. The average molecular weight is 341 g/mol. The van der Waals surface area contributed by atoms with E-state index in [0.717, 1.165) is 50.7 Å². The molecule has 3 atom stereocenters. The number of carbonyl (C=O) groups excluding carboxylic acids is 1. The molecule has 3 heterocycles. The highest BCUT2D eigenvalue weighted by Gasteiger charge is 2.61. The summed E-state index contributed by atoms with van der Waals surface area (Å²) < 4.78 is 0. The van der Waals surface area contributed by atoms with Gasteiger partial charge in [-0.3, -0.25) is 14.7 Å². The zero-order valence-corrected chi connectivity index (χ0v) is 15.4. The minimum atomic E-state index is -0.533. The Morgan fingerprint density at radius 3 is 2.72 bits per heavy atom. The van der Waals surface area contributed by atoms with Crippen molar-refractivity contribution >= 4 is 17.7 Å². The summed E-state index contributed by atoms with van der Waals surface area (Å²) in [5, 5.41) is 0. The Balaban J connectivity index is 1.61. The number of aliphatic imine (C=N–C) groups is 1. The van der Waals surface area contributed by atoms with Crippen LogP contribution in [0.2, 0.25) is 0 Å². The van der Waals surface area contributed by atoms with E-state index in [2.05, 4.69) is 35.6 Å². The summed E-state index contributed by atoms with van der Waals surface area (Å²) >= 11 is 0. The van der Waals surface area contributed by atoms with Gasteiger partial charge in [-0.1, -0.05) is 20.8 Å². The van der Waals surface area contributed by atoms with Gasteiger partial charge in [-0.05, 0) is 30.7 Å². The molecule has 1 amide bonds. The van der Waals surface area contributed by atoms with Gasteiger partial charge in [0.05, 0.1) is 0 Å². The van der Waals surface area contributed by atoms with Gasteiger partial charge < -0.3 is 4.90 Å². The molecule has 1 spiro atoms. The molecule has 6 heteroatoms. The summed E-state index contributed by atoms with van der Waals surface area (Å²) in [6.45, 7) is 8.96. The Bertz CT molecular complexity index is 688. The normalized spacial score (nSPS) is 31.4. The second kappa shape index (κ2) is 6.07. The molecule has 1 saturated carbocycles. The number of hydrogen-bond acceptors (Lipinski definition) is 5. The van der Waals surface area contributed by atoms with Gasteiger partial charge in [0.25, 0.3) is 5.91 Å². The molecule has 134 valence electrons. The quantitative estimate of drug-likeness (QED) is 0.843. The van der Waals surface area contributed by atoms with Gasteiger partial charge in [0.15, 0.2) is 0 Å². The summed E-state index contributed by atoms with van der Waals surface area (Å²) in [7, 11) is 0. The number of amides is 1. The number of amidine groups is 1. The second-order valence-corrected chi connectivity index (χ2v) is 7.97. The lowest BCUT2D eigenvalue weighted by molar-refractivity contribution is -0.132. The van der Waals surface area contributed by atoms with Crippen molar-refractivity contribution in [2.24, 2.45) is 22.7 Å². The molecule has 2 fully saturated rings. The first-order chi connectivity index (χ1) is 12.0. The third kappa shape index (κ3) is 2.53. The van der Waals surface area contributed by atoms with Crippen LogP contribution in [0.15, 0.2) is 23.5 Å². The van der Waals surface area contributed by atoms with Gasteiger partial charge in [0, 0.05) is 44.4 Å². The van der Waals surface area contributed by atoms with E-state index >= 15 is 0 Å². The fourth-order valence-corrected chi connectivity index (χ4v) is 4.83. The molecular formula is C19H27N5O. The van der Waals surface area contributed by atoms with E-state index in [1.807, 2.05) is 11.0 Å². The SMILES string of the molecule is CCC1=N[C@@]2(CC[C@@H]3CN(c4ncccn4)C[C@@H]32)C(=O)N1CC(C)C. The van der Waals surface area contributed by atoms with E-state index in [9.17, 15) is 4.79 Å². The highest BCUT2D eigenvalue weighted by atomic mass is 16.2. The van der Waals surface area contributed by atoms with Crippen LogP contribution in [0.1, 0.15) is 40.0 Å². The number of rotatable bonds is 4.